The van der Waals surface area contributed by atoms with Crippen molar-refractivity contribution in [3.63, 3.8) is 0 Å². The Hall–Kier alpha value is -3.20. The number of anilines is 2. The molecular weight excluding hydrogens is 296 g/mol. The highest BCUT2D eigenvalue weighted by Gasteiger charge is 1.97. The molecule has 4 aromatic carbocycles. The van der Waals surface area contributed by atoms with Crippen molar-refractivity contribution in [2.24, 2.45) is 0 Å². The van der Waals surface area contributed by atoms with Gasteiger partial charge in [0.05, 0.1) is 0 Å². The molecule has 0 aliphatic carbocycles. The molecule has 3 nitrogen and oxygen atoms in total. The van der Waals surface area contributed by atoms with Crippen LogP contribution < -0.4 is 11.5 Å². The van der Waals surface area contributed by atoms with Gasteiger partial charge in [0, 0.05) is 22.1 Å². The van der Waals surface area contributed by atoms with Gasteiger partial charge in [-0.2, -0.15) is 0 Å². The maximum Gasteiger partial charge on any atom is 0.116 e. The van der Waals surface area contributed by atoms with Crippen LogP contribution in [-0.2, 0) is 0 Å². The Balaban J connectivity index is 0.000000141. The van der Waals surface area contributed by atoms with Crippen LogP contribution in [0.2, 0.25) is 0 Å². The molecule has 0 radical (unpaired) electrons. The van der Waals surface area contributed by atoms with Crippen LogP contribution in [0.3, 0.4) is 0 Å². The minimum Gasteiger partial charge on any atom is -0.508 e. The first kappa shape index (κ1) is 15.7. The zero-order chi connectivity index (χ0) is 17.1. The van der Waals surface area contributed by atoms with Crippen LogP contribution in [0.5, 0.6) is 5.75 Å². The topological polar surface area (TPSA) is 72.3 Å². The third-order valence-electron chi connectivity index (χ3n) is 3.97. The van der Waals surface area contributed by atoms with Crippen molar-refractivity contribution < 1.29 is 5.11 Å². The van der Waals surface area contributed by atoms with Crippen molar-refractivity contribution in [2.45, 2.75) is 6.92 Å². The highest BCUT2D eigenvalue weighted by molar-refractivity contribution is 5.94. The van der Waals surface area contributed by atoms with Crippen LogP contribution in [0.15, 0.2) is 72.8 Å². The Morgan fingerprint density at radius 1 is 0.667 bits per heavy atom. The summed E-state index contributed by atoms with van der Waals surface area (Å²) >= 11 is 0. The van der Waals surface area contributed by atoms with E-state index in [0.717, 1.165) is 21.8 Å². The lowest BCUT2D eigenvalue weighted by atomic mass is 10.1. The first-order valence-corrected chi connectivity index (χ1v) is 7.77. The molecule has 0 fully saturated rings. The smallest absolute Gasteiger partial charge is 0.116 e. The molecule has 0 spiro atoms. The summed E-state index contributed by atoms with van der Waals surface area (Å²) in [6.45, 7) is 2.09. The molecular formula is C21H20N2O. The molecule has 0 aromatic heterocycles. The van der Waals surface area contributed by atoms with Crippen molar-refractivity contribution in [3.8, 4) is 5.75 Å². The standard InChI is InChI=1S/C11H11N.C10H9NO/c1-8-5-6-10-9(7-8)3-2-4-11(10)12;11-10-3-1-2-7-4-5-8(12)6-9(7)10/h2-7H,12H2,1H3;1-6,12H,11H2. The van der Waals surface area contributed by atoms with E-state index in [-0.39, 0.29) is 5.75 Å². The third-order valence-corrected chi connectivity index (χ3v) is 3.97. The molecule has 120 valence electrons. The molecule has 0 bridgehead atoms. The molecule has 0 aliphatic heterocycles. The van der Waals surface area contributed by atoms with Gasteiger partial charge < -0.3 is 16.6 Å². The SMILES string of the molecule is Cc1ccc2c(N)cccc2c1.Nc1cccc2ccc(O)cc12. The highest BCUT2D eigenvalue weighted by atomic mass is 16.3. The van der Waals surface area contributed by atoms with Crippen molar-refractivity contribution in [2.75, 3.05) is 11.5 Å². The number of hydrogen-bond donors (Lipinski definition) is 3. The fourth-order valence-corrected chi connectivity index (χ4v) is 2.71. The van der Waals surface area contributed by atoms with Crippen LogP contribution in [-0.4, -0.2) is 5.11 Å². The summed E-state index contributed by atoms with van der Waals surface area (Å²) in [7, 11) is 0. The highest BCUT2D eigenvalue weighted by Crippen LogP contribution is 2.24. The number of nitrogen functional groups attached to an aromatic ring is 2. The van der Waals surface area contributed by atoms with Crippen molar-refractivity contribution >= 4 is 32.9 Å². The summed E-state index contributed by atoms with van der Waals surface area (Å²) in [5, 5.41) is 13.5. The Morgan fingerprint density at radius 2 is 1.33 bits per heavy atom. The first-order chi connectivity index (χ1) is 11.5. The third kappa shape index (κ3) is 3.25. The Labute approximate surface area is 141 Å². The molecule has 0 amide bonds. The van der Waals surface area contributed by atoms with E-state index in [1.165, 1.54) is 10.9 Å². The second-order valence-corrected chi connectivity index (χ2v) is 5.82. The summed E-state index contributed by atoms with van der Waals surface area (Å²) in [5.74, 6) is 0.250. The van der Waals surface area contributed by atoms with Gasteiger partial charge in [-0.25, -0.2) is 0 Å². The van der Waals surface area contributed by atoms with Gasteiger partial charge in [-0.3, -0.25) is 0 Å². The molecule has 0 heterocycles. The van der Waals surface area contributed by atoms with Gasteiger partial charge in [-0.05, 0) is 42.0 Å². The van der Waals surface area contributed by atoms with E-state index in [9.17, 15) is 5.11 Å². The number of phenols is 1. The van der Waals surface area contributed by atoms with Crippen LogP contribution in [0.25, 0.3) is 21.5 Å². The number of rotatable bonds is 0. The Kier molecular flexibility index (Phi) is 4.25. The van der Waals surface area contributed by atoms with E-state index in [2.05, 4.69) is 31.2 Å². The zero-order valence-corrected chi connectivity index (χ0v) is 13.5. The van der Waals surface area contributed by atoms with E-state index in [0.29, 0.717) is 5.69 Å². The number of aromatic hydroxyl groups is 1. The van der Waals surface area contributed by atoms with E-state index in [1.54, 1.807) is 12.1 Å². The van der Waals surface area contributed by atoms with Crippen LogP contribution >= 0.6 is 0 Å². The maximum absolute atomic E-state index is 9.20. The second-order valence-electron chi connectivity index (χ2n) is 5.82. The first-order valence-electron chi connectivity index (χ1n) is 7.77. The largest absolute Gasteiger partial charge is 0.508 e. The summed E-state index contributed by atoms with van der Waals surface area (Å²) in [5.41, 5.74) is 14.3. The van der Waals surface area contributed by atoms with Crippen molar-refractivity contribution in [3.05, 3.63) is 78.4 Å². The molecule has 0 atom stereocenters. The van der Waals surface area contributed by atoms with Crippen LogP contribution in [0, 0.1) is 6.92 Å². The quantitative estimate of drug-likeness (QED) is 0.406. The van der Waals surface area contributed by atoms with Gasteiger partial charge in [0.15, 0.2) is 0 Å². The number of phenolic OH excluding ortho intramolecular Hbond substituents is 1. The summed E-state index contributed by atoms with van der Waals surface area (Å²) in [6, 6.07) is 23.1. The fourth-order valence-electron chi connectivity index (χ4n) is 2.71. The molecule has 5 N–H and O–H groups in total. The van der Waals surface area contributed by atoms with Crippen molar-refractivity contribution in [1.82, 2.24) is 0 Å². The second kappa shape index (κ2) is 6.50. The molecule has 0 saturated carbocycles. The van der Waals surface area contributed by atoms with Gasteiger partial charge >= 0.3 is 0 Å². The lowest BCUT2D eigenvalue weighted by Crippen LogP contribution is -1.85. The van der Waals surface area contributed by atoms with Gasteiger partial charge in [0.2, 0.25) is 0 Å². The van der Waals surface area contributed by atoms with Crippen molar-refractivity contribution in [1.29, 1.82) is 0 Å². The van der Waals surface area contributed by atoms with Gasteiger partial charge in [0.1, 0.15) is 5.75 Å². The zero-order valence-electron chi connectivity index (χ0n) is 13.5. The summed E-state index contributed by atoms with van der Waals surface area (Å²) in [6.07, 6.45) is 0. The van der Waals surface area contributed by atoms with Gasteiger partial charge in [-0.1, -0.05) is 54.1 Å². The predicted molar refractivity (Wildman–Crippen MR) is 103 cm³/mol. The van der Waals surface area contributed by atoms with Crippen LogP contribution in [0.1, 0.15) is 5.56 Å². The molecule has 0 aliphatic rings. The van der Waals surface area contributed by atoms with E-state index in [1.807, 2.05) is 36.4 Å². The molecule has 3 heteroatoms. The minimum absolute atomic E-state index is 0.250. The molecule has 4 aromatic rings. The van der Waals surface area contributed by atoms with E-state index in [4.69, 9.17) is 11.5 Å². The Morgan fingerprint density at radius 3 is 2.08 bits per heavy atom. The average molecular weight is 316 g/mol. The Bertz CT molecular complexity index is 1010. The van der Waals surface area contributed by atoms with E-state index < -0.39 is 0 Å². The van der Waals surface area contributed by atoms with Gasteiger partial charge in [0.25, 0.3) is 0 Å². The number of benzene rings is 4. The predicted octanol–water partition coefficient (Wildman–Crippen LogP) is 4.86. The monoisotopic (exact) mass is 316 g/mol. The van der Waals surface area contributed by atoms with E-state index >= 15 is 0 Å². The average Bonchev–Trinajstić information content (AvgIpc) is 2.56. The van der Waals surface area contributed by atoms with Gasteiger partial charge in [-0.15, -0.1) is 0 Å². The number of hydrogen-bond acceptors (Lipinski definition) is 3. The maximum atomic E-state index is 9.20. The number of aryl methyl sites for hydroxylation is 1. The number of nitrogens with two attached hydrogens (primary N) is 2. The molecule has 24 heavy (non-hydrogen) atoms. The fraction of sp³-hybridized carbons (Fsp3) is 0.0476. The summed E-state index contributed by atoms with van der Waals surface area (Å²) in [4.78, 5) is 0. The molecule has 0 unspecified atom stereocenters. The number of fused-ring (bicyclic) bond motifs is 2. The molecule has 4 rings (SSSR count). The minimum atomic E-state index is 0.250. The van der Waals surface area contributed by atoms with Crippen LogP contribution in [0.4, 0.5) is 11.4 Å². The lowest BCUT2D eigenvalue weighted by Gasteiger charge is -2.01. The summed E-state index contributed by atoms with van der Waals surface area (Å²) < 4.78 is 0. The molecule has 0 saturated heterocycles. The normalized spacial score (nSPS) is 10.4. The lowest BCUT2D eigenvalue weighted by molar-refractivity contribution is 0.476.